The van der Waals surface area contributed by atoms with Crippen molar-refractivity contribution in [1.82, 2.24) is 10.2 Å². The third-order valence-electron chi connectivity index (χ3n) is 3.76. The van der Waals surface area contributed by atoms with Crippen molar-refractivity contribution in [3.63, 3.8) is 0 Å². The van der Waals surface area contributed by atoms with E-state index in [4.69, 9.17) is 16.3 Å². The highest BCUT2D eigenvalue weighted by molar-refractivity contribution is 8.00. The molecule has 140 valence electrons. The predicted molar refractivity (Wildman–Crippen MR) is 111 cm³/mol. The number of ether oxygens (including phenoxy) is 1. The number of carbonyl (C=O) groups excluding carboxylic acids is 1. The van der Waals surface area contributed by atoms with Crippen LogP contribution >= 0.6 is 34.7 Å². The Hall–Kier alpha value is -2.09. The van der Waals surface area contributed by atoms with E-state index in [0.29, 0.717) is 15.9 Å². The smallest absolute Gasteiger partial charge is 0.264 e. The van der Waals surface area contributed by atoms with E-state index < -0.39 is 0 Å². The van der Waals surface area contributed by atoms with Gasteiger partial charge in [0.1, 0.15) is 5.75 Å². The fourth-order valence-electron chi connectivity index (χ4n) is 2.24. The second kappa shape index (κ2) is 9.21. The molecule has 8 heteroatoms. The van der Waals surface area contributed by atoms with Crippen molar-refractivity contribution in [3.8, 4) is 5.75 Å². The van der Waals surface area contributed by atoms with E-state index in [2.05, 4.69) is 34.6 Å². The molecule has 0 saturated carbocycles. The van der Waals surface area contributed by atoms with Crippen LogP contribution in [0.25, 0.3) is 0 Å². The summed E-state index contributed by atoms with van der Waals surface area (Å²) >= 11 is 8.92. The van der Waals surface area contributed by atoms with Gasteiger partial charge in [-0.3, -0.25) is 10.1 Å². The van der Waals surface area contributed by atoms with Crippen LogP contribution < -0.4 is 10.1 Å². The fourth-order valence-corrected chi connectivity index (χ4v) is 4.20. The molecule has 1 heterocycles. The number of nitrogens with one attached hydrogen (secondary N) is 1. The van der Waals surface area contributed by atoms with Crippen LogP contribution in [0.1, 0.15) is 16.7 Å². The second-order valence-corrected chi connectivity index (χ2v) is 8.44. The van der Waals surface area contributed by atoms with Crippen LogP contribution in [-0.4, -0.2) is 22.7 Å². The second-order valence-electron chi connectivity index (χ2n) is 5.84. The summed E-state index contributed by atoms with van der Waals surface area (Å²) in [6.07, 6.45) is 0. The number of aryl methyl sites for hydroxylation is 2. The lowest BCUT2D eigenvalue weighted by atomic mass is 10.1. The molecule has 1 aromatic heterocycles. The molecular formula is C19H18ClN3O2S2. The molecular weight excluding hydrogens is 402 g/mol. The lowest BCUT2D eigenvalue weighted by molar-refractivity contribution is -0.118. The van der Waals surface area contributed by atoms with E-state index in [9.17, 15) is 4.79 Å². The SMILES string of the molecule is Cc1cc(OCC(=O)Nc2nnc(SCc3ccccc3C)s2)ccc1Cl. The topological polar surface area (TPSA) is 64.1 Å². The maximum atomic E-state index is 12.0. The molecule has 0 radical (unpaired) electrons. The Bertz CT molecular complexity index is 946. The Kier molecular flexibility index (Phi) is 6.71. The van der Waals surface area contributed by atoms with Gasteiger partial charge in [-0.1, -0.05) is 59.0 Å². The average molecular weight is 420 g/mol. The first-order chi connectivity index (χ1) is 13.0. The summed E-state index contributed by atoms with van der Waals surface area (Å²) in [7, 11) is 0. The van der Waals surface area contributed by atoms with Crippen LogP contribution in [-0.2, 0) is 10.5 Å². The lowest BCUT2D eigenvalue weighted by Crippen LogP contribution is -2.20. The molecule has 27 heavy (non-hydrogen) atoms. The van der Waals surface area contributed by atoms with E-state index in [1.54, 1.807) is 30.0 Å². The summed E-state index contributed by atoms with van der Waals surface area (Å²) in [5.41, 5.74) is 3.40. The summed E-state index contributed by atoms with van der Waals surface area (Å²) in [4.78, 5) is 12.0. The highest BCUT2D eigenvalue weighted by Gasteiger charge is 2.10. The highest BCUT2D eigenvalue weighted by Crippen LogP contribution is 2.29. The van der Waals surface area contributed by atoms with Crippen molar-refractivity contribution in [3.05, 3.63) is 64.2 Å². The molecule has 1 amide bonds. The number of hydrogen-bond acceptors (Lipinski definition) is 6. The summed E-state index contributed by atoms with van der Waals surface area (Å²) in [6.45, 7) is 3.86. The van der Waals surface area contributed by atoms with Gasteiger partial charge in [-0.2, -0.15) is 0 Å². The Labute approximate surface area is 171 Å². The summed E-state index contributed by atoms with van der Waals surface area (Å²) in [5.74, 6) is 1.13. The molecule has 0 aliphatic rings. The average Bonchev–Trinajstić information content (AvgIpc) is 3.09. The first-order valence-electron chi connectivity index (χ1n) is 8.21. The normalized spacial score (nSPS) is 10.6. The lowest BCUT2D eigenvalue weighted by Gasteiger charge is -2.07. The highest BCUT2D eigenvalue weighted by atomic mass is 35.5. The maximum Gasteiger partial charge on any atom is 0.264 e. The molecule has 3 rings (SSSR count). The zero-order valence-electron chi connectivity index (χ0n) is 14.9. The Morgan fingerprint density at radius 1 is 1.19 bits per heavy atom. The summed E-state index contributed by atoms with van der Waals surface area (Å²) in [5, 5.41) is 12.0. The molecule has 0 bridgehead atoms. The zero-order chi connectivity index (χ0) is 19.2. The van der Waals surface area contributed by atoms with Crippen molar-refractivity contribution < 1.29 is 9.53 Å². The first kappa shape index (κ1) is 19.7. The van der Waals surface area contributed by atoms with E-state index in [-0.39, 0.29) is 12.5 Å². The number of rotatable bonds is 7. The molecule has 0 aliphatic carbocycles. The molecule has 5 nitrogen and oxygen atoms in total. The van der Waals surface area contributed by atoms with Gasteiger partial charge in [-0.15, -0.1) is 10.2 Å². The van der Waals surface area contributed by atoms with Gasteiger partial charge in [0.2, 0.25) is 5.13 Å². The first-order valence-corrected chi connectivity index (χ1v) is 10.4. The fraction of sp³-hybridized carbons (Fsp3) is 0.211. The minimum absolute atomic E-state index is 0.105. The Morgan fingerprint density at radius 2 is 2.00 bits per heavy atom. The number of aromatic nitrogens is 2. The summed E-state index contributed by atoms with van der Waals surface area (Å²) in [6, 6.07) is 13.5. The quantitative estimate of drug-likeness (QED) is 0.425. The molecule has 2 aromatic carbocycles. The zero-order valence-corrected chi connectivity index (χ0v) is 17.2. The molecule has 0 atom stereocenters. The van der Waals surface area contributed by atoms with Crippen molar-refractivity contribution >= 4 is 45.7 Å². The van der Waals surface area contributed by atoms with Crippen molar-refractivity contribution in [2.45, 2.75) is 23.9 Å². The van der Waals surface area contributed by atoms with Gasteiger partial charge >= 0.3 is 0 Å². The van der Waals surface area contributed by atoms with Gasteiger partial charge in [0.15, 0.2) is 10.9 Å². The van der Waals surface area contributed by atoms with E-state index >= 15 is 0 Å². The molecule has 1 N–H and O–H groups in total. The number of carbonyl (C=O) groups is 1. The predicted octanol–water partition coefficient (Wildman–Crippen LogP) is 5.12. The summed E-state index contributed by atoms with van der Waals surface area (Å²) < 4.78 is 6.29. The van der Waals surface area contributed by atoms with E-state index in [0.717, 1.165) is 15.7 Å². The number of thioether (sulfide) groups is 1. The van der Waals surface area contributed by atoms with Crippen LogP contribution in [0.2, 0.25) is 5.02 Å². The minimum atomic E-state index is -0.283. The van der Waals surface area contributed by atoms with Gasteiger partial charge in [-0.05, 0) is 48.7 Å². The van der Waals surface area contributed by atoms with Gasteiger partial charge < -0.3 is 4.74 Å². The van der Waals surface area contributed by atoms with Gasteiger partial charge in [0.05, 0.1) is 0 Å². The van der Waals surface area contributed by atoms with Crippen LogP contribution in [0.15, 0.2) is 46.8 Å². The van der Waals surface area contributed by atoms with Crippen LogP contribution in [0.3, 0.4) is 0 Å². The monoisotopic (exact) mass is 419 g/mol. The Morgan fingerprint density at radius 3 is 2.78 bits per heavy atom. The Balaban J connectivity index is 1.48. The molecule has 0 unspecified atom stereocenters. The third-order valence-corrected chi connectivity index (χ3v) is 6.21. The number of halogens is 1. The van der Waals surface area contributed by atoms with Crippen LogP contribution in [0.5, 0.6) is 5.75 Å². The number of anilines is 1. The van der Waals surface area contributed by atoms with Crippen molar-refractivity contribution in [2.75, 3.05) is 11.9 Å². The van der Waals surface area contributed by atoms with Crippen molar-refractivity contribution in [1.29, 1.82) is 0 Å². The van der Waals surface area contributed by atoms with Gasteiger partial charge in [-0.25, -0.2) is 0 Å². The standard InChI is InChI=1S/C19H18ClN3O2S2/c1-12-5-3-4-6-14(12)11-26-19-23-22-18(27-19)21-17(24)10-25-15-7-8-16(20)13(2)9-15/h3-9H,10-11H2,1-2H3,(H,21,22,24). The number of amides is 1. The third kappa shape index (κ3) is 5.69. The number of nitrogens with zero attached hydrogens (tertiary/aromatic N) is 2. The van der Waals surface area contributed by atoms with Crippen molar-refractivity contribution in [2.24, 2.45) is 0 Å². The van der Waals surface area contributed by atoms with Gasteiger partial charge in [0, 0.05) is 10.8 Å². The molecule has 0 saturated heterocycles. The van der Waals surface area contributed by atoms with Crippen LogP contribution in [0.4, 0.5) is 5.13 Å². The largest absolute Gasteiger partial charge is 0.484 e. The maximum absolute atomic E-state index is 12.0. The molecule has 0 spiro atoms. The van der Waals surface area contributed by atoms with E-state index in [1.165, 1.54) is 22.5 Å². The molecule has 0 aliphatic heterocycles. The van der Waals surface area contributed by atoms with Gasteiger partial charge in [0.25, 0.3) is 5.91 Å². The minimum Gasteiger partial charge on any atom is -0.484 e. The van der Waals surface area contributed by atoms with Crippen LogP contribution in [0, 0.1) is 13.8 Å². The number of benzene rings is 2. The molecule has 3 aromatic rings. The number of hydrogen-bond donors (Lipinski definition) is 1. The van der Waals surface area contributed by atoms with E-state index in [1.807, 2.05) is 19.1 Å². The molecule has 0 fully saturated rings.